The summed E-state index contributed by atoms with van der Waals surface area (Å²) in [5, 5.41) is 0. The zero-order valence-electron chi connectivity index (χ0n) is 20.7. The van der Waals surface area contributed by atoms with E-state index in [4.69, 9.17) is 0 Å². The molecule has 0 spiro atoms. The summed E-state index contributed by atoms with van der Waals surface area (Å²) in [7, 11) is 0. The normalized spacial score (nSPS) is 13.2. The summed E-state index contributed by atoms with van der Waals surface area (Å²) in [6.45, 7) is 13.6. The van der Waals surface area contributed by atoms with Gasteiger partial charge in [-0.3, -0.25) is 0 Å². The van der Waals surface area contributed by atoms with Gasteiger partial charge in [-0.1, -0.05) is 118 Å². The molecule has 3 aromatic carbocycles. The molecule has 1 heterocycles. The monoisotopic (exact) mass is 432 g/mol. The molecule has 0 aliphatic carbocycles. The average Bonchev–Trinajstić information content (AvgIpc) is 2.89. The van der Waals surface area contributed by atoms with Gasteiger partial charge in [0.1, 0.15) is 0 Å². The maximum atomic E-state index is 2.56. The van der Waals surface area contributed by atoms with Gasteiger partial charge in [0.05, 0.1) is 0 Å². The highest BCUT2D eigenvalue weighted by molar-refractivity contribution is 5.47. The van der Waals surface area contributed by atoms with Crippen LogP contribution in [-0.4, -0.2) is 37.1 Å². The van der Waals surface area contributed by atoms with Gasteiger partial charge in [0, 0.05) is 31.4 Å². The molecule has 174 valence electrons. The van der Waals surface area contributed by atoms with E-state index in [1.807, 2.05) is 72.8 Å². The molecular formula is C30H44N2. The zero-order valence-corrected chi connectivity index (χ0v) is 20.7. The van der Waals surface area contributed by atoms with E-state index in [2.05, 4.69) is 67.8 Å². The van der Waals surface area contributed by atoms with Crippen molar-refractivity contribution in [2.45, 2.75) is 53.0 Å². The molecule has 1 aliphatic heterocycles. The first kappa shape index (κ1) is 27.5. The van der Waals surface area contributed by atoms with Crippen LogP contribution in [0, 0.1) is 0 Å². The highest BCUT2D eigenvalue weighted by Gasteiger charge is 2.22. The van der Waals surface area contributed by atoms with E-state index >= 15 is 0 Å². The minimum Gasteiger partial charge on any atom is -0.369 e. The first-order valence-corrected chi connectivity index (χ1v) is 12.3. The van der Waals surface area contributed by atoms with Crippen molar-refractivity contribution in [2.24, 2.45) is 0 Å². The Labute approximate surface area is 197 Å². The number of benzene rings is 3. The number of likely N-dealkylation sites (tertiary alicyclic amines) is 1. The topological polar surface area (TPSA) is 6.48 Å². The number of para-hydroxylation sites is 1. The molecular weight excluding hydrogens is 388 g/mol. The van der Waals surface area contributed by atoms with Crippen molar-refractivity contribution in [1.29, 1.82) is 0 Å². The fourth-order valence-corrected chi connectivity index (χ4v) is 3.59. The summed E-state index contributed by atoms with van der Waals surface area (Å²) in [5.74, 6) is 0. The third kappa shape index (κ3) is 12.3. The Balaban J connectivity index is 0.000000277. The van der Waals surface area contributed by atoms with Crippen LogP contribution in [0.5, 0.6) is 0 Å². The van der Waals surface area contributed by atoms with Crippen molar-refractivity contribution >= 4 is 5.69 Å². The van der Waals surface area contributed by atoms with Gasteiger partial charge in [-0.25, -0.2) is 0 Å². The SMILES string of the molecule is CCC.CCN1CCC(N(CC)c2ccccc2)CC1.c1ccccc1.c1ccccc1. The van der Waals surface area contributed by atoms with Gasteiger partial charge >= 0.3 is 0 Å². The molecule has 2 heteroatoms. The minimum absolute atomic E-state index is 0.727. The Kier molecular flexibility index (Phi) is 16.4. The van der Waals surface area contributed by atoms with Crippen LogP contribution in [0.1, 0.15) is 47.0 Å². The molecule has 0 amide bonds. The lowest BCUT2D eigenvalue weighted by Crippen LogP contribution is -2.44. The molecule has 3 aromatic rings. The van der Waals surface area contributed by atoms with Crippen LogP contribution in [0.4, 0.5) is 5.69 Å². The van der Waals surface area contributed by atoms with E-state index in [-0.39, 0.29) is 0 Å². The number of nitrogens with zero attached hydrogens (tertiary/aromatic N) is 2. The van der Waals surface area contributed by atoms with Crippen LogP contribution in [0.3, 0.4) is 0 Å². The number of anilines is 1. The molecule has 0 bridgehead atoms. The molecule has 2 nitrogen and oxygen atoms in total. The second-order valence-corrected chi connectivity index (χ2v) is 7.80. The predicted molar refractivity (Wildman–Crippen MR) is 143 cm³/mol. The molecule has 1 aliphatic rings. The van der Waals surface area contributed by atoms with Gasteiger partial charge in [-0.05, 0) is 38.4 Å². The standard InChI is InChI=1S/C15H24N2.2C6H6.C3H8/c1-3-16-12-10-15(11-13-16)17(4-2)14-8-6-5-7-9-14;2*1-2-4-6-5-3-1;1-3-2/h5-9,15H,3-4,10-13H2,1-2H3;2*1-6H;3H2,1-2H3. The number of rotatable bonds is 4. The fourth-order valence-electron chi connectivity index (χ4n) is 3.59. The highest BCUT2D eigenvalue weighted by atomic mass is 15.2. The van der Waals surface area contributed by atoms with E-state index in [1.54, 1.807) is 0 Å². The van der Waals surface area contributed by atoms with Crippen LogP contribution in [0.15, 0.2) is 103 Å². The second kappa shape index (κ2) is 19.1. The number of hydrogen-bond donors (Lipinski definition) is 0. The Hall–Kier alpha value is -2.58. The van der Waals surface area contributed by atoms with Gasteiger partial charge < -0.3 is 9.80 Å². The molecule has 0 saturated carbocycles. The van der Waals surface area contributed by atoms with Crippen molar-refractivity contribution in [3.8, 4) is 0 Å². The fraction of sp³-hybridized carbons (Fsp3) is 0.400. The average molecular weight is 433 g/mol. The van der Waals surface area contributed by atoms with Crippen LogP contribution < -0.4 is 4.90 Å². The lowest BCUT2D eigenvalue weighted by atomic mass is 10.0. The van der Waals surface area contributed by atoms with Gasteiger partial charge in [0.15, 0.2) is 0 Å². The number of piperidine rings is 1. The highest BCUT2D eigenvalue weighted by Crippen LogP contribution is 2.22. The molecule has 0 unspecified atom stereocenters. The largest absolute Gasteiger partial charge is 0.369 e. The summed E-state index contributed by atoms with van der Waals surface area (Å²) < 4.78 is 0. The molecule has 4 rings (SSSR count). The molecule has 0 N–H and O–H groups in total. The maximum Gasteiger partial charge on any atom is 0.0368 e. The third-order valence-corrected chi connectivity index (χ3v) is 5.21. The van der Waals surface area contributed by atoms with Crippen LogP contribution in [-0.2, 0) is 0 Å². The second-order valence-electron chi connectivity index (χ2n) is 7.80. The minimum atomic E-state index is 0.727. The first-order chi connectivity index (χ1) is 15.8. The Morgan fingerprint density at radius 1 is 0.625 bits per heavy atom. The Morgan fingerprint density at radius 3 is 1.28 bits per heavy atom. The van der Waals surface area contributed by atoms with Crippen molar-refractivity contribution < 1.29 is 0 Å². The Morgan fingerprint density at radius 2 is 0.969 bits per heavy atom. The smallest absolute Gasteiger partial charge is 0.0368 e. The lowest BCUT2D eigenvalue weighted by Gasteiger charge is -2.39. The maximum absolute atomic E-state index is 2.56. The van der Waals surface area contributed by atoms with E-state index in [9.17, 15) is 0 Å². The summed E-state index contributed by atoms with van der Waals surface area (Å²) in [5.41, 5.74) is 1.38. The van der Waals surface area contributed by atoms with E-state index in [0.717, 1.165) is 12.6 Å². The molecule has 32 heavy (non-hydrogen) atoms. The molecule has 0 aromatic heterocycles. The van der Waals surface area contributed by atoms with Gasteiger partial charge in [-0.2, -0.15) is 0 Å². The van der Waals surface area contributed by atoms with E-state index in [0.29, 0.717) is 0 Å². The first-order valence-electron chi connectivity index (χ1n) is 12.3. The van der Waals surface area contributed by atoms with Crippen LogP contribution >= 0.6 is 0 Å². The van der Waals surface area contributed by atoms with E-state index < -0.39 is 0 Å². The summed E-state index contributed by atoms with van der Waals surface area (Å²) in [4.78, 5) is 5.11. The quantitative estimate of drug-likeness (QED) is 0.415. The Bertz CT molecular complexity index is 638. The lowest BCUT2D eigenvalue weighted by molar-refractivity contribution is 0.219. The molecule has 0 radical (unpaired) electrons. The van der Waals surface area contributed by atoms with Crippen molar-refractivity contribution in [1.82, 2.24) is 4.90 Å². The predicted octanol–water partition coefficient (Wildman–Crippen LogP) is 7.79. The van der Waals surface area contributed by atoms with Crippen molar-refractivity contribution in [3.63, 3.8) is 0 Å². The van der Waals surface area contributed by atoms with Crippen LogP contribution in [0.2, 0.25) is 0 Å². The van der Waals surface area contributed by atoms with Crippen LogP contribution in [0.25, 0.3) is 0 Å². The van der Waals surface area contributed by atoms with Gasteiger partial charge in [-0.15, -0.1) is 0 Å². The molecule has 1 saturated heterocycles. The summed E-state index contributed by atoms with van der Waals surface area (Å²) in [6.07, 6.45) is 3.85. The molecule has 0 atom stereocenters. The third-order valence-electron chi connectivity index (χ3n) is 5.21. The number of hydrogen-bond acceptors (Lipinski definition) is 2. The van der Waals surface area contributed by atoms with E-state index in [1.165, 1.54) is 44.6 Å². The van der Waals surface area contributed by atoms with Crippen molar-refractivity contribution in [3.05, 3.63) is 103 Å². The summed E-state index contributed by atoms with van der Waals surface area (Å²) >= 11 is 0. The van der Waals surface area contributed by atoms with Gasteiger partial charge in [0.2, 0.25) is 0 Å². The molecule has 1 fully saturated rings. The van der Waals surface area contributed by atoms with Gasteiger partial charge in [0.25, 0.3) is 0 Å². The van der Waals surface area contributed by atoms with Crippen molar-refractivity contribution in [2.75, 3.05) is 31.1 Å². The summed E-state index contributed by atoms with van der Waals surface area (Å²) in [6, 6.07) is 35.6. The zero-order chi connectivity index (χ0) is 23.3.